The quantitative estimate of drug-likeness (QED) is 0.426. The van der Waals surface area contributed by atoms with Crippen LogP contribution in [0.4, 0.5) is 0 Å². The normalized spacial score (nSPS) is 26.3. The molecule has 4 rings (SSSR count). The van der Waals surface area contributed by atoms with Crippen molar-refractivity contribution in [3.05, 3.63) is 41.0 Å². The Morgan fingerprint density at radius 2 is 1.39 bits per heavy atom. The molecule has 2 atom stereocenters. The molecule has 0 aliphatic heterocycles. The Labute approximate surface area is 191 Å². The summed E-state index contributed by atoms with van der Waals surface area (Å²) < 4.78 is 0. The Kier molecular flexibility index (Phi) is 7.60. The topological polar surface area (TPSA) is 24.1 Å². The number of hydrogen-bond donors (Lipinski definition) is 2. The fraction of sp³-hybridized carbons (Fsp3) is 0.724. The molecule has 1 aromatic rings. The van der Waals surface area contributed by atoms with Gasteiger partial charge >= 0.3 is 0 Å². The maximum atomic E-state index is 3.74. The highest BCUT2D eigenvalue weighted by atomic mass is 14.9. The Morgan fingerprint density at radius 1 is 0.839 bits per heavy atom. The zero-order chi connectivity index (χ0) is 21.8. The summed E-state index contributed by atoms with van der Waals surface area (Å²) in [6.45, 7) is 11.4. The zero-order valence-corrected chi connectivity index (χ0v) is 20.6. The second kappa shape index (κ2) is 10.2. The van der Waals surface area contributed by atoms with Gasteiger partial charge in [-0.1, -0.05) is 63.8 Å². The first-order valence-corrected chi connectivity index (χ1v) is 13.4. The smallest absolute Gasteiger partial charge is 0.0173 e. The summed E-state index contributed by atoms with van der Waals surface area (Å²) in [6, 6.07) is 8.45. The Balaban J connectivity index is 1.81. The summed E-state index contributed by atoms with van der Waals surface area (Å²) >= 11 is 0. The van der Waals surface area contributed by atoms with E-state index in [9.17, 15) is 0 Å². The molecule has 0 radical (unpaired) electrons. The molecule has 2 saturated carbocycles. The lowest BCUT2D eigenvalue weighted by atomic mass is 9.72. The van der Waals surface area contributed by atoms with Gasteiger partial charge in [-0.25, -0.2) is 0 Å². The van der Waals surface area contributed by atoms with Crippen LogP contribution in [0.2, 0.25) is 0 Å². The highest BCUT2D eigenvalue weighted by Gasteiger charge is 2.43. The van der Waals surface area contributed by atoms with Crippen LogP contribution in [0.15, 0.2) is 24.3 Å². The van der Waals surface area contributed by atoms with E-state index in [2.05, 4.69) is 62.6 Å². The second-order valence-corrected chi connectivity index (χ2v) is 10.8. The van der Waals surface area contributed by atoms with Gasteiger partial charge in [0.1, 0.15) is 0 Å². The molecular weight excluding hydrogens is 376 g/mol. The van der Waals surface area contributed by atoms with Gasteiger partial charge in [-0.2, -0.15) is 0 Å². The van der Waals surface area contributed by atoms with E-state index in [4.69, 9.17) is 0 Å². The summed E-state index contributed by atoms with van der Waals surface area (Å²) in [7, 11) is 0. The van der Waals surface area contributed by atoms with Crippen LogP contribution in [0.3, 0.4) is 0 Å². The molecule has 0 aromatic heterocycles. The van der Waals surface area contributed by atoms with Crippen molar-refractivity contribution >= 4 is 5.57 Å². The van der Waals surface area contributed by atoms with Crippen molar-refractivity contribution < 1.29 is 0 Å². The van der Waals surface area contributed by atoms with Gasteiger partial charge in [0.05, 0.1) is 0 Å². The van der Waals surface area contributed by atoms with E-state index in [1.165, 1.54) is 64.2 Å². The highest BCUT2D eigenvalue weighted by Crippen LogP contribution is 2.54. The molecule has 0 bridgehead atoms. The van der Waals surface area contributed by atoms with Crippen LogP contribution in [-0.4, -0.2) is 25.2 Å². The molecule has 2 unspecified atom stereocenters. The number of hydrogen-bond acceptors (Lipinski definition) is 2. The third-order valence-corrected chi connectivity index (χ3v) is 8.39. The molecule has 0 saturated heterocycles. The van der Waals surface area contributed by atoms with Crippen molar-refractivity contribution in [1.29, 1.82) is 0 Å². The molecule has 1 aromatic carbocycles. The van der Waals surface area contributed by atoms with Crippen molar-refractivity contribution in [3.8, 4) is 0 Å². The summed E-state index contributed by atoms with van der Waals surface area (Å²) in [6.07, 6.45) is 16.4. The fourth-order valence-corrected chi connectivity index (χ4v) is 7.25. The predicted octanol–water partition coefficient (Wildman–Crippen LogP) is 6.95. The van der Waals surface area contributed by atoms with E-state index in [1.807, 2.05) is 0 Å². The third-order valence-electron chi connectivity index (χ3n) is 8.39. The largest absolute Gasteiger partial charge is 0.314 e. The average Bonchev–Trinajstić information content (AvgIpc) is 3.50. The van der Waals surface area contributed by atoms with Crippen LogP contribution >= 0.6 is 0 Å². The number of nitrogens with one attached hydrogen (secondary N) is 2. The monoisotopic (exact) mass is 422 g/mol. The fourth-order valence-electron chi connectivity index (χ4n) is 7.25. The number of benzene rings is 1. The van der Waals surface area contributed by atoms with Crippen molar-refractivity contribution in [3.63, 3.8) is 0 Å². The molecule has 3 aliphatic carbocycles. The van der Waals surface area contributed by atoms with Crippen molar-refractivity contribution in [1.82, 2.24) is 10.6 Å². The molecule has 2 heteroatoms. The van der Waals surface area contributed by atoms with Crippen LogP contribution in [-0.2, 0) is 5.41 Å². The summed E-state index contributed by atoms with van der Waals surface area (Å²) in [5, 5.41) is 7.48. The van der Waals surface area contributed by atoms with Gasteiger partial charge in [0.25, 0.3) is 0 Å². The predicted molar refractivity (Wildman–Crippen MR) is 135 cm³/mol. The van der Waals surface area contributed by atoms with E-state index in [-0.39, 0.29) is 5.41 Å². The minimum absolute atomic E-state index is 0.158. The first-order valence-electron chi connectivity index (χ1n) is 13.4. The van der Waals surface area contributed by atoms with Gasteiger partial charge in [-0.3, -0.25) is 0 Å². The number of fused-ring (bicyclic) bond motifs is 1. The maximum absolute atomic E-state index is 3.74. The van der Waals surface area contributed by atoms with Crippen LogP contribution in [0, 0.1) is 5.92 Å². The maximum Gasteiger partial charge on any atom is 0.0173 e. The van der Waals surface area contributed by atoms with Crippen molar-refractivity contribution in [2.24, 2.45) is 5.92 Å². The first-order chi connectivity index (χ1) is 15.1. The molecular formula is C29H46N2. The molecule has 2 fully saturated rings. The SMILES string of the molecule is CCNC(C)CC1(CC(C)NCC)C=C(C2CCCC2)c2c(C3CCCC3)cccc21. The van der Waals surface area contributed by atoms with Crippen molar-refractivity contribution in [2.45, 2.75) is 115 Å². The van der Waals surface area contributed by atoms with Crippen LogP contribution < -0.4 is 10.6 Å². The van der Waals surface area contributed by atoms with Gasteiger partial charge in [0, 0.05) is 17.5 Å². The summed E-state index contributed by atoms with van der Waals surface area (Å²) in [4.78, 5) is 0. The standard InChI is InChI=1S/C29H46N2/c1-5-30-21(3)18-29(19-22(4)31-6-2)20-26(24-14-9-10-15-24)28-25(16-11-17-27(28)29)23-12-7-8-13-23/h11,16-17,20-24,30-31H,5-10,12-15,18-19H2,1-4H3. The lowest BCUT2D eigenvalue weighted by molar-refractivity contribution is 0.345. The lowest BCUT2D eigenvalue weighted by Crippen LogP contribution is -2.40. The van der Waals surface area contributed by atoms with Gasteiger partial charge in [0.2, 0.25) is 0 Å². The average molecular weight is 423 g/mol. The molecule has 0 heterocycles. The Bertz CT molecular complexity index is 738. The van der Waals surface area contributed by atoms with E-state index in [1.54, 1.807) is 22.3 Å². The van der Waals surface area contributed by atoms with E-state index >= 15 is 0 Å². The van der Waals surface area contributed by atoms with E-state index < -0.39 is 0 Å². The molecule has 0 spiro atoms. The second-order valence-electron chi connectivity index (χ2n) is 10.8. The van der Waals surface area contributed by atoms with Crippen LogP contribution in [0.5, 0.6) is 0 Å². The Hall–Kier alpha value is -1.12. The molecule has 31 heavy (non-hydrogen) atoms. The van der Waals surface area contributed by atoms with Gasteiger partial charge < -0.3 is 10.6 Å². The molecule has 0 amide bonds. The van der Waals surface area contributed by atoms with Crippen molar-refractivity contribution in [2.75, 3.05) is 13.1 Å². The van der Waals surface area contributed by atoms with Gasteiger partial charge in [-0.05, 0) is 99.6 Å². The van der Waals surface area contributed by atoms with E-state index in [0.29, 0.717) is 12.1 Å². The molecule has 2 nitrogen and oxygen atoms in total. The molecule has 2 N–H and O–H groups in total. The minimum Gasteiger partial charge on any atom is -0.314 e. The third kappa shape index (κ3) is 4.81. The van der Waals surface area contributed by atoms with E-state index in [0.717, 1.165) is 24.9 Å². The van der Waals surface area contributed by atoms with Crippen LogP contribution in [0.1, 0.15) is 115 Å². The molecule has 172 valence electrons. The van der Waals surface area contributed by atoms with Gasteiger partial charge in [-0.15, -0.1) is 0 Å². The lowest BCUT2D eigenvalue weighted by Gasteiger charge is -2.35. The summed E-state index contributed by atoms with van der Waals surface area (Å²) in [5.74, 6) is 1.57. The first kappa shape index (κ1) is 23.1. The summed E-state index contributed by atoms with van der Waals surface area (Å²) in [5.41, 5.74) is 6.96. The number of allylic oxidation sites excluding steroid dienone is 2. The number of rotatable bonds is 10. The minimum atomic E-state index is 0.158. The van der Waals surface area contributed by atoms with Gasteiger partial charge in [0.15, 0.2) is 0 Å². The highest BCUT2D eigenvalue weighted by molar-refractivity contribution is 5.81. The zero-order valence-electron chi connectivity index (χ0n) is 20.6. The molecule has 3 aliphatic rings. The Morgan fingerprint density at radius 3 is 1.94 bits per heavy atom. The van der Waals surface area contributed by atoms with Crippen LogP contribution in [0.25, 0.3) is 5.57 Å².